The summed E-state index contributed by atoms with van der Waals surface area (Å²) in [7, 11) is 0. The van der Waals surface area contributed by atoms with E-state index >= 15 is 0 Å². The Labute approximate surface area is 87.4 Å². The van der Waals surface area contributed by atoms with Gasteiger partial charge in [0.25, 0.3) is 5.22 Å². The Hall–Kier alpha value is -0.590. The topological polar surface area (TPSA) is 74.2 Å². The highest BCUT2D eigenvalue weighted by molar-refractivity contribution is 7.99. The Morgan fingerprint density at radius 2 is 2.29 bits per heavy atom. The number of aromatic nitrogens is 2. The first kappa shape index (κ1) is 11.5. The van der Waals surface area contributed by atoms with Crippen LogP contribution in [0.3, 0.4) is 0 Å². The van der Waals surface area contributed by atoms with Crippen LogP contribution in [-0.4, -0.2) is 29.2 Å². The van der Waals surface area contributed by atoms with Crippen LogP contribution in [-0.2, 0) is 11.3 Å². The molecular formula is C8H15N3O2S. The highest BCUT2D eigenvalue weighted by Gasteiger charge is 2.03. The summed E-state index contributed by atoms with van der Waals surface area (Å²) in [5.74, 6) is 1.30. The lowest BCUT2D eigenvalue weighted by molar-refractivity contribution is 0.150. The standard InChI is InChI=1S/C8H15N3O2S/c1-2-3-12-4-5-14-8-11-10-7(6-9)13-8/h2-6,9H2,1H3. The molecule has 6 heteroatoms. The maximum atomic E-state index is 5.33. The van der Waals surface area contributed by atoms with E-state index in [0.29, 0.717) is 24.3 Å². The fraction of sp³-hybridized carbons (Fsp3) is 0.750. The van der Waals surface area contributed by atoms with Crippen molar-refractivity contribution in [1.29, 1.82) is 0 Å². The summed E-state index contributed by atoms with van der Waals surface area (Å²) in [6.07, 6.45) is 1.04. The fourth-order valence-corrected chi connectivity index (χ4v) is 1.44. The minimum atomic E-state index is 0.292. The van der Waals surface area contributed by atoms with Gasteiger partial charge in [0.1, 0.15) is 0 Å². The van der Waals surface area contributed by atoms with Crippen molar-refractivity contribution in [3.8, 4) is 0 Å². The first-order valence-electron chi connectivity index (χ1n) is 4.59. The van der Waals surface area contributed by atoms with Gasteiger partial charge in [0, 0.05) is 12.4 Å². The summed E-state index contributed by atoms with van der Waals surface area (Å²) in [4.78, 5) is 0. The third-order valence-corrected chi connectivity index (χ3v) is 2.21. The molecule has 0 saturated heterocycles. The van der Waals surface area contributed by atoms with Gasteiger partial charge in [0.15, 0.2) is 0 Å². The molecule has 0 radical (unpaired) electrons. The van der Waals surface area contributed by atoms with Crippen molar-refractivity contribution in [2.75, 3.05) is 19.0 Å². The monoisotopic (exact) mass is 217 g/mol. The van der Waals surface area contributed by atoms with Crippen LogP contribution in [0.15, 0.2) is 9.64 Å². The zero-order valence-electron chi connectivity index (χ0n) is 8.23. The Kier molecular flexibility index (Phi) is 5.58. The fourth-order valence-electron chi connectivity index (χ4n) is 0.813. The van der Waals surface area contributed by atoms with E-state index in [0.717, 1.165) is 18.8 Å². The second-order valence-corrected chi connectivity index (χ2v) is 3.67. The highest BCUT2D eigenvalue weighted by atomic mass is 32.2. The molecule has 0 saturated carbocycles. The van der Waals surface area contributed by atoms with Crippen LogP contribution >= 0.6 is 11.8 Å². The molecule has 2 N–H and O–H groups in total. The SMILES string of the molecule is CCCOCCSc1nnc(CN)o1. The molecule has 0 bridgehead atoms. The van der Waals surface area contributed by atoms with Gasteiger partial charge < -0.3 is 14.9 Å². The maximum absolute atomic E-state index is 5.33. The summed E-state index contributed by atoms with van der Waals surface area (Å²) in [5.41, 5.74) is 5.33. The zero-order chi connectivity index (χ0) is 10.2. The van der Waals surface area contributed by atoms with Crippen LogP contribution in [0.4, 0.5) is 0 Å². The number of nitrogens with zero attached hydrogens (tertiary/aromatic N) is 2. The number of nitrogens with two attached hydrogens (primary N) is 1. The molecule has 80 valence electrons. The van der Waals surface area contributed by atoms with Crippen LogP contribution in [0.5, 0.6) is 0 Å². The lowest BCUT2D eigenvalue weighted by atomic mass is 10.5. The number of hydrogen-bond donors (Lipinski definition) is 1. The molecule has 0 aliphatic carbocycles. The molecule has 0 aliphatic heterocycles. The van der Waals surface area contributed by atoms with Gasteiger partial charge in [-0.1, -0.05) is 18.7 Å². The minimum Gasteiger partial charge on any atom is -0.415 e. The molecule has 0 amide bonds. The molecule has 0 unspecified atom stereocenters. The normalized spacial score (nSPS) is 10.7. The van der Waals surface area contributed by atoms with Gasteiger partial charge in [0.05, 0.1) is 13.2 Å². The molecule has 1 heterocycles. The molecule has 0 spiro atoms. The van der Waals surface area contributed by atoms with Crippen molar-refractivity contribution in [2.24, 2.45) is 5.73 Å². The number of thioether (sulfide) groups is 1. The van der Waals surface area contributed by atoms with Crippen molar-refractivity contribution in [2.45, 2.75) is 25.1 Å². The number of ether oxygens (including phenoxy) is 1. The van der Waals surface area contributed by atoms with Crippen molar-refractivity contribution < 1.29 is 9.15 Å². The lowest BCUT2D eigenvalue weighted by Gasteiger charge is -1.98. The second-order valence-electron chi connectivity index (χ2n) is 2.63. The molecular weight excluding hydrogens is 202 g/mol. The molecule has 0 aromatic carbocycles. The van der Waals surface area contributed by atoms with E-state index in [2.05, 4.69) is 17.1 Å². The summed E-state index contributed by atoms with van der Waals surface area (Å²) in [6.45, 7) is 3.88. The Morgan fingerprint density at radius 3 is 2.93 bits per heavy atom. The van der Waals surface area contributed by atoms with Crippen molar-refractivity contribution >= 4 is 11.8 Å². The Balaban J connectivity index is 2.12. The van der Waals surface area contributed by atoms with Crippen LogP contribution in [0.2, 0.25) is 0 Å². The van der Waals surface area contributed by atoms with E-state index in [4.69, 9.17) is 14.9 Å². The highest BCUT2D eigenvalue weighted by Crippen LogP contribution is 2.15. The average Bonchev–Trinajstić information content (AvgIpc) is 2.65. The Bertz CT molecular complexity index is 254. The van der Waals surface area contributed by atoms with Gasteiger partial charge in [-0.05, 0) is 6.42 Å². The molecule has 0 atom stereocenters. The summed E-state index contributed by atoms with van der Waals surface area (Å²) < 4.78 is 10.5. The van der Waals surface area contributed by atoms with Crippen molar-refractivity contribution in [3.63, 3.8) is 0 Å². The molecule has 1 aromatic heterocycles. The van der Waals surface area contributed by atoms with Crippen molar-refractivity contribution in [3.05, 3.63) is 5.89 Å². The summed E-state index contributed by atoms with van der Waals surface area (Å²) in [6, 6.07) is 0. The summed E-state index contributed by atoms with van der Waals surface area (Å²) in [5, 5.41) is 8.12. The van der Waals surface area contributed by atoms with E-state index in [-0.39, 0.29) is 0 Å². The van der Waals surface area contributed by atoms with E-state index < -0.39 is 0 Å². The lowest BCUT2D eigenvalue weighted by Crippen LogP contribution is -1.97. The van der Waals surface area contributed by atoms with Gasteiger partial charge in [-0.2, -0.15) is 0 Å². The molecule has 1 aromatic rings. The molecule has 0 aliphatic rings. The third-order valence-electron chi connectivity index (χ3n) is 1.42. The predicted molar refractivity (Wildman–Crippen MR) is 54.0 cm³/mol. The van der Waals surface area contributed by atoms with E-state index in [1.54, 1.807) is 0 Å². The first-order chi connectivity index (χ1) is 6.86. The van der Waals surface area contributed by atoms with Gasteiger partial charge in [-0.15, -0.1) is 10.2 Å². The second kappa shape index (κ2) is 6.80. The first-order valence-corrected chi connectivity index (χ1v) is 5.58. The molecule has 14 heavy (non-hydrogen) atoms. The Morgan fingerprint density at radius 1 is 1.43 bits per heavy atom. The largest absolute Gasteiger partial charge is 0.415 e. The zero-order valence-corrected chi connectivity index (χ0v) is 9.05. The summed E-state index contributed by atoms with van der Waals surface area (Å²) >= 11 is 1.49. The number of hydrogen-bond acceptors (Lipinski definition) is 6. The van der Waals surface area contributed by atoms with Gasteiger partial charge in [-0.25, -0.2) is 0 Å². The molecule has 0 fully saturated rings. The minimum absolute atomic E-state index is 0.292. The van der Waals surface area contributed by atoms with Gasteiger partial charge in [0.2, 0.25) is 5.89 Å². The predicted octanol–water partition coefficient (Wildman–Crippen LogP) is 1.05. The molecule has 1 rings (SSSR count). The maximum Gasteiger partial charge on any atom is 0.276 e. The van der Waals surface area contributed by atoms with Crippen LogP contribution in [0, 0.1) is 0 Å². The quantitative estimate of drug-likeness (QED) is 0.543. The van der Waals surface area contributed by atoms with E-state index in [1.807, 2.05) is 0 Å². The van der Waals surface area contributed by atoms with Gasteiger partial charge in [-0.3, -0.25) is 0 Å². The van der Waals surface area contributed by atoms with Gasteiger partial charge >= 0.3 is 0 Å². The van der Waals surface area contributed by atoms with Crippen molar-refractivity contribution in [1.82, 2.24) is 10.2 Å². The van der Waals surface area contributed by atoms with E-state index in [9.17, 15) is 0 Å². The van der Waals surface area contributed by atoms with Crippen LogP contribution in [0.25, 0.3) is 0 Å². The van der Waals surface area contributed by atoms with Crippen LogP contribution in [0.1, 0.15) is 19.2 Å². The average molecular weight is 217 g/mol. The van der Waals surface area contributed by atoms with Crippen LogP contribution < -0.4 is 5.73 Å². The smallest absolute Gasteiger partial charge is 0.276 e. The number of rotatable bonds is 7. The molecule has 5 nitrogen and oxygen atoms in total. The van der Waals surface area contributed by atoms with E-state index in [1.165, 1.54) is 11.8 Å². The third kappa shape index (κ3) is 4.08.